The van der Waals surface area contributed by atoms with Crippen LogP contribution in [0.2, 0.25) is 0 Å². The van der Waals surface area contributed by atoms with Gasteiger partial charge in [-0.1, -0.05) is 6.42 Å². The van der Waals surface area contributed by atoms with E-state index in [1.54, 1.807) is 0 Å². The third-order valence-corrected chi connectivity index (χ3v) is 5.37. The van der Waals surface area contributed by atoms with Crippen molar-refractivity contribution >= 4 is 10.0 Å². The minimum absolute atomic E-state index is 0.0378. The van der Waals surface area contributed by atoms with Gasteiger partial charge in [-0.3, -0.25) is 0 Å². The Morgan fingerprint density at radius 3 is 2.53 bits per heavy atom. The first kappa shape index (κ1) is 11.4. The van der Waals surface area contributed by atoms with Crippen molar-refractivity contribution in [2.24, 2.45) is 5.92 Å². The highest BCUT2D eigenvalue weighted by Crippen LogP contribution is 2.32. The van der Waals surface area contributed by atoms with Crippen LogP contribution in [-0.4, -0.2) is 42.8 Å². The average molecular weight is 233 g/mol. The lowest BCUT2D eigenvalue weighted by molar-refractivity contribution is 0.155. The molecule has 1 unspecified atom stereocenters. The van der Waals surface area contributed by atoms with Gasteiger partial charge in [0.2, 0.25) is 10.0 Å². The van der Waals surface area contributed by atoms with E-state index >= 15 is 0 Å². The summed E-state index contributed by atoms with van der Waals surface area (Å²) in [5.74, 6) is 0.681. The SMILES string of the molecule is O=S(=O)(CC1CC1)N1CCCCC1CO. The van der Waals surface area contributed by atoms with Crippen LogP contribution in [0.5, 0.6) is 0 Å². The van der Waals surface area contributed by atoms with E-state index in [2.05, 4.69) is 0 Å². The standard InChI is InChI=1S/C10H19NO3S/c12-7-10-3-1-2-6-11(10)15(13,14)8-9-4-5-9/h9-10,12H,1-8H2. The smallest absolute Gasteiger partial charge is 0.214 e. The molecule has 2 fully saturated rings. The summed E-state index contributed by atoms with van der Waals surface area (Å²) in [5, 5.41) is 9.17. The van der Waals surface area contributed by atoms with Gasteiger partial charge in [-0.2, -0.15) is 4.31 Å². The average Bonchev–Trinajstić information content (AvgIpc) is 3.01. The van der Waals surface area contributed by atoms with E-state index in [1.807, 2.05) is 0 Å². The summed E-state index contributed by atoms with van der Waals surface area (Å²) in [4.78, 5) is 0. The van der Waals surface area contributed by atoms with E-state index in [1.165, 1.54) is 4.31 Å². The van der Waals surface area contributed by atoms with Gasteiger partial charge in [-0.25, -0.2) is 8.42 Å². The van der Waals surface area contributed by atoms with Crippen LogP contribution in [0.4, 0.5) is 0 Å². The lowest BCUT2D eigenvalue weighted by Gasteiger charge is -2.33. The van der Waals surface area contributed by atoms with E-state index in [-0.39, 0.29) is 12.6 Å². The van der Waals surface area contributed by atoms with Crippen LogP contribution >= 0.6 is 0 Å². The molecule has 88 valence electrons. The fourth-order valence-corrected chi connectivity index (χ4v) is 4.35. The van der Waals surface area contributed by atoms with Crippen LogP contribution in [0, 0.1) is 5.92 Å². The van der Waals surface area contributed by atoms with Gasteiger partial charge in [0.15, 0.2) is 0 Å². The molecule has 1 saturated carbocycles. The number of aliphatic hydroxyl groups excluding tert-OH is 1. The molecule has 1 N–H and O–H groups in total. The van der Waals surface area contributed by atoms with Crippen LogP contribution in [0.3, 0.4) is 0 Å². The number of hydrogen-bond donors (Lipinski definition) is 1. The molecule has 1 atom stereocenters. The van der Waals surface area contributed by atoms with Gasteiger partial charge in [0.05, 0.1) is 12.4 Å². The quantitative estimate of drug-likeness (QED) is 0.772. The van der Waals surface area contributed by atoms with E-state index in [0.717, 1.165) is 32.1 Å². The third kappa shape index (κ3) is 2.71. The topological polar surface area (TPSA) is 57.6 Å². The second-order valence-electron chi connectivity index (χ2n) is 4.66. The van der Waals surface area contributed by atoms with Crippen LogP contribution in [-0.2, 0) is 10.0 Å². The lowest BCUT2D eigenvalue weighted by atomic mass is 10.1. The molecule has 0 spiro atoms. The molecule has 1 aliphatic carbocycles. The number of hydrogen-bond acceptors (Lipinski definition) is 3. The maximum absolute atomic E-state index is 12.0. The van der Waals surface area contributed by atoms with Gasteiger partial charge in [0.25, 0.3) is 0 Å². The molecule has 1 aliphatic heterocycles. The molecule has 5 heteroatoms. The maximum Gasteiger partial charge on any atom is 0.214 e. The van der Waals surface area contributed by atoms with E-state index in [4.69, 9.17) is 5.11 Å². The fourth-order valence-electron chi connectivity index (χ4n) is 2.20. The Bertz CT molecular complexity index is 311. The first-order valence-corrected chi connectivity index (χ1v) is 7.35. The van der Waals surface area contributed by atoms with Gasteiger partial charge < -0.3 is 5.11 Å². The largest absolute Gasteiger partial charge is 0.395 e. The minimum Gasteiger partial charge on any atom is -0.395 e. The predicted octanol–water partition coefficient (Wildman–Crippen LogP) is 0.573. The minimum atomic E-state index is -3.11. The second kappa shape index (κ2) is 4.39. The normalized spacial score (nSPS) is 29.3. The monoisotopic (exact) mass is 233 g/mol. The summed E-state index contributed by atoms with van der Waals surface area (Å²) in [5.41, 5.74) is 0. The first-order valence-electron chi connectivity index (χ1n) is 5.74. The maximum atomic E-state index is 12.0. The van der Waals surface area contributed by atoms with Crippen molar-refractivity contribution in [1.82, 2.24) is 4.31 Å². The molecular formula is C10H19NO3S. The van der Waals surface area contributed by atoms with E-state index in [9.17, 15) is 8.42 Å². The Morgan fingerprint density at radius 1 is 1.20 bits per heavy atom. The number of sulfonamides is 1. The zero-order chi connectivity index (χ0) is 10.9. The molecule has 15 heavy (non-hydrogen) atoms. The second-order valence-corrected chi connectivity index (χ2v) is 6.63. The molecule has 0 aromatic carbocycles. The van der Waals surface area contributed by atoms with E-state index < -0.39 is 10.0 Å². The molecule has 0 amide bonds. The van der Waals surface area contributed by atoms with Crippen molar-refractivity contribution in [3.8, 4) is 0 Å². The van der Waals surface area contributed by atoms with Crippen LogP contribution in [0.15, 0.2) is 0 Å². The highest BCUT2D eigenvalue weighted by Gasteiger charge is 2.36. The molecule has 0 aromatic heterocycles. The van der Waals surface area contributed by atoms with Crippen molar-refractivity contribution in [2.45, 2.75) is 38.1 Å². The molecule has 0 radical (unpaired) electrons. The summed E-state index contributed by atoms with van der Waals surface area (Å²) in [7, 11) is -3.11. The Morgan fingerprint density at radius 2 is 1.93 bits per heavy atom. The van der Waals surface area contributed by atoms with Gasteiger partial charge in [0, 0.05) is 12.6 Å². The number of nitrogens with zero attached hydrogens (tertiary/aromatic N) is 1. The molecule has 1 heterocycles. The fraction of sp³-hybridized carbons (Fsp3) is 1.00. The molecule has 0 aromatic rings. The first-order chi connectivity index (χ1) is 7.13. The van der Waals surface area contributed by atoms with E-state index in [0.29, 0.717) is 18.2 Å². The summed E-state index contributed by atoms with van der Waals surface area (Å²) in [6.07, 6.45) is 4.87. The third-order valence-electron chi connectivity index (χ3n) is 3.28. The number of piperidine rings is 1. The zero-order valence-electron chi connectivity index (χ0n) is 8.93. The molecule has 1 saturated heterocycles. The lowest BCUT2D eigenvalue weighted by Crippen LogP contribution is -2.46. The summed E-state index contributed by atoms with van der Waals surface area (Å²) < 4.78 is 25.6. The predicted molar refractivity (Wildman–Crippen MR) is 57.9 cm³/mol. The highest BCUT2D eigenvalue weighted by molar-refractivity contribution is 7.89. The van der Waals surface area contributed by atoms with Gasteiger partial charge in [-0.15, -0.1) is 0 Å². The Kier molecular flexibility index (Phi) is 3.33. The Balaban J connectivity index is 2.04. The zero-order valence-corrected chi connectivity index (χ0v) is 9.75. The van der Waals surface area contributed by atoms with Crippen LogP contribution < -0.4 is 0 Å². The molecule has 4 nitrogen and oxygen atoms in total. The van der Waals surface area contributed by atoms with Crippen molar-refractivity contribution in [2.75, 3.05) is 18.9 Å². The van der Waals surface area contributed by atoms with Crippen LogP contribution in [0.1, 0.15) is 32.1 Å². The van der Waals surface area contributed by atoms with Crippen molar-refractivity contribution < 1.29 is 13.5 Å². The highest BCUT2D eigenvalue weighted by atomic mass is 32.2. The van der Waals surface area contributed by atoms with Gasteiger partial charge in [-0.05, 0) is 31.6 Å². The summed E-state index contributed by atoms with van der Waals surface area (Å²) in [6.45, 7) is 0.560. The van der Waals surface area contributed by atoms with Crippen molar-refractivity contribution in [1.29, 1.82) is 0 Å². The number of rotatable bonds is 4. The molecule has 0 bridgehead atoms. The molecule has 2 rings (SSSR count). The van der Waals surface area contributed by atoms with Crippen molar-refractivity contribution in [3.63, 3.8) is 0 Å². The Labute approximate surface area is 91.3 Å². The van der Waals surface area contributed by atoms with Crippen LogP contribution in [0.25, 0.3) is 0 Å². The molecule has 2 aliphatic rings. The Hall–Kier alpha value is -0.130. The number of aliphatic hydroxyl groups is 1. The molecular weight excluding hydrogens is 214 g/mol. The summed E-state index contributed by atoms with van der Waals surface area (Å²) >= 11 is 0. The van der Waals surface area contributed by atoms with Gasteiger partial charge in [0.1, 0.15) is 0 Å². The van der Waals surface area contributed by atoms with Crippen molar-refractivity contribution in [3.05, 3.63) is 0 Å². The summed E-state index contributed by atoms with van der Waals surface area (Å²) in [6, 6.07) is -0.164. The van der Waals surface area contributed by atoms with Gasteiger partial charge >= 0.3 is 0 Å².